The van der Waals surface area contributed by atoms with Gasteiger partial charge in [0, 0.05) is 23.1 Å². The van der Waals surface area contributed by atoms with Crippen LogP contribution in [0.15, 0.2) is 42.5 Å². The first-order chi connectivity index (χ1) is 14.0. The first-order valence-corrected chi connectivity index (χ1v) is 10.6. The molecule has 3 aromatic rings. The number of rotatable bonds is 6. The van der Waals surface area contributed by atoms with Crippen molar-refractivity contribution in [2.75, 3.05) is 19.6 Å². The molecule has 1 aliphatic rings. The zero-order chi connectivity index (χ0) is 20.4. The Hall–Kier alpha value is -2.59. The number of esters is 1. The average molecular weight is 391 g/mol. The quantitative estimate of drug-likeness (QED) is 0.578. The number of fused-ring (bicyclic) bond motifs is 1. The lowest BCUT2D eigenvalue weighted by Crippen LogP contribution is -2.21. The van der Waals surface area contributed by atoms with Crippen LogP contribution in [-0.2, 0) is 11.2 Å². The Balaban J connectivity index is 1.55. The molecule has 4 heteroatoms. The van der Waals surface area contributed by atoms with E-state index < -0.39 is 0 Å². The number of carbonyl (C=O) groups is 1. The number of nitrogens with one attached hydrogen (secondary N) is 1. The zero-order valence-corrected chi connectivity index (χ0v) is 17.6. The normalized spacial score (nSPS) is 15.7. The molecule has 4 nitrogen and oxygen atoms in total. The third-order valence-electron chi connectivity index (χ3n) is 6.08. The molecule has 0 radical (unpaired) electrons. The van der Waals surface area contributed by atoms with Crippen LogP contribution in [0.2, 0.25) is 0 Å². The fourth-order valence-electron chi connectivity index (χ4n) is 4.41. The molecule has 1 aromatic heterocycles. The lowest BCUT2D eigenvalue weighted by molar-refractivity contribution is 0.0338. The topological polar surface area (TPSA) is 45.3 Å². The molecule has 152 valence electrons. The number of benzene rings is 2. The van der Waals surface area contributed by atoms with E-state index in [-0.39, 0.29) is 12.1 Å². The van der Waals surface area contributed by atoms with Crippen molar-refractivity contribution in [2.45, 2.75) is 46.1 Å². The minimum Gasteiger partial charge on any atom is -0.454 e. The maximum atomic E-state index is 13.1. The van der Waals surface area contributed by atoms with Crippen LogP contribution in [0, 0.1) is 13.8 Å². The van der Waals surface area contributed by atoms with E-state index in [0.717, 1.165) is 40.7 Å². The van der Waals surface area contributed by atoms with Gasteiger partial charge in [0.25, 0.3) is 0 Å². The number of ether oxygens (including phenoxy) is 1. The van der Waals surface area contributed by atoms with Crippen molar-refractivity contribution < 1.29 is 9.53 Å². The maximum absolute atomic E-state index is 13.1. The fourth-order valence-corrected chi connectivity index (χ4v) is 4.41. The largest absolute Gasteiger partial charge is 0.454 e. The van der Waals surface area contributed by atoms with Gasteiger partial charge in [-0.2, -0.15) is 0 Å². The van der Waals surface area contributed by atoms with E-state index in [1.54, 1.807) is 0 Å². The SMILES string of the molecule is Cc1ccccc1C(C)OC(=O)c1c(C)[nH]c2ccc(CCN3CCCC3)cc12. The smallest absolute Gasteiger partial charge is 0.341 e. The van der Waals surface area contributed by atoms with Crippen LogP contribution in [0.3, 0.4) is 0 Å². The number of aromatic nitrogens is 1. The molecule has 1 N–H and O–H groups in total. The average Bonchev–Trinajstić information content (AvgIpc) is 3.33. The highest BCUT2D eigenvalue weighted by molar-refractivity contribution is 6.05. The number of H-pyrrole nitrogens is 1. The Kier molecular flexibility index (Phi) is 5.72. The number of aromatic amines is 1. The number of nitrogens with zero attached hydrogens (tertiary/aromatic N) is 1. The Morgan fingerprint density at radius 2 is 1.90 bits per heavy atom. The van der Waals surface area contributed by atoms with Crippen LogP contribution in [0.1, 0.15) is 58.6 Å². The van der Waals surface area contributed by atoms with E-state index >= 15 is 0 Å². The van der Waals surface area contributed by atoms with E-state index in [2.05, 4.69) is 28.1 Å². The van der Waals surface area contributed by atoms with Crippen LogP contribution < -0.4 is 0 Å². The van der Waals surface area contributed by atoms with Crippen LogP contribution in [-0.4, -0.2) is 35.5 Å². The number of likely N-dealkylation sites (tertiary alicyclic amines) is 1. The van der Waals surface area contributed by atoms with E-state index in [4.69, 9.17) is 4.74 Å². The van der Waals surface area contributed by atoms with E-state index in [1.165, 1.54) is 31.5 Å². The van der Waals surface area contributed by atoms with Crippen molar-refractivity contribution in [3.8, 4) is 0 Å². The molecule has 0 aliphatic carbocycles. The third kappa shape index (κ3) is 4.23. The second-order valence-electron chi connectivity index (χ2n) is 8.21. The van der Waals surface area contributed by atoms with Crippen LogP contribution in [0.5, 0.6) is 0 Å². The lowest BCUT2D eigenvalue weighted by atomic mass is 10.0. The molecular weight excluding hydrogens is 360 g/mol. The predicted molar refractivity (Wildman–Crippen MR) is 117 cm³/mol. The van der Waals surface area contributed by atoms with E-state index in [0.29, 0.717) is 5.56 Å². The highest BCUT2D eigenvalue weighted by Crippen LogP contribution is 2.28. The Labute approximate surface area is 172 Å². The maximum Gasteiger partial charge on any atom is 0.341 e. The molecule has 1 fully saturated rings. The Bertz CT molecular complexity index is 1010. The molecule has 0 saturated carbocycles. The first kappa shape index (κ1) is 19.7. The summed E-state index contributed by atoms with van der Waals surface area (Å²) in [4.78, 5) is 18.9. The molecule has 1 aliphatic heterocycles. The molecule has 1 atom stereocenters. The summed E-state index contributed by atoms with van der Waals surface area (Å²) in [6, 6.07) is 14.5. The summed E-state index contributed by atoms with van der Waals surface area (Å²) in [5.41, 5.74) is 5.95. The summed E-state index contributed by atoms with van der Waals surface area (Å²) in [6.45, 7) is 9.42. The van der Waals surface area contributed by atoms with Crippen molar-refractivity contribution in [3.63, 3.8) is 0 Å². The first-order valence-electron chi connectivity index (χ1n) is 10.6. The molecule has 1 unspecified atom stereocenters. The van der Waals surface area contributed by atoms with Gasteiger partial charge in [-0.25, -0.2) is 4.79 Å². The monoisotopic (exact) mass is 390 g/mol. The number of carbonyl (C=O) groups excluding carboxylic acids is 1. The fraction of sp³-hybridized carbons (Fsp3) is 0.400. The van der Waals surface area contributed by atoms with Gasteiger partial charge in [-0.05, 0) is 81.9 Å². The number of hydrogen-bond acceptors (Lipinski definition) is 3. The van der Waals surface area contributed by atoms with Crippen LogP contribution in [0.25, 0.3) is 10.9 Å². The molecule has 0 spiro atoms. The number of hydrogen-bond donors (Lipinski definition) is 1. The van der Waals surface area contributed by atoms with Gasteiger partial charge in [-0.3, -0.25) is 0 Å². The van der Waals surface area contributed by atoms with Gasteiger partial charge in [0.2, 0.25) is 0 Å². The molecule has 2 aromatic carbocycles. The van der Waals surface area contributed by atoms with Gasteiger partial charge in [0.1, 0.15) is 6.10 Å². The van der Waals surface area contributed by atoms with Gasteiger partial charge in [0.05, 0.1) is 5.56 Å². The van der Waals surface area contributed by atoms with E-state index in [1.807, 2.05) is 45.0 Å². The number of aryl methyl sites for hydroxylation is 2. The molecule has 4 rings (SSSR count). The van der Waals surface area contributed by atoms with Gasteiger partial charge in [-0.15, -0.1) is 0 Å². The van der Waals surface area contributed by atoms with Crippen molar-refractivity contribution in [1.82, 2.24) is 9.88 Å². The zero-order valence-electron chi connectivity index (χ0n) is 17.6. The highest BCUT2D eigenvalue weighted by atomic mass is 16.5. The molecule has 2 heterocycles. The van der Waals surface area contributed by atoms with Gasteiger partial charge in [-0.1, -0.05) is 30.3 Å². The predicted octanol–water partition coefficient (Wildman–Crippen LogP) is 5.34. The highest BCUT2D eigenvalue weighted by Gasteiger charge is 2.21. The van der Waals surface area contributed by atoms with Gasteiger partial charge in [0.15, 0.2) is 0 Å². The van der Waals surface area contributed by atoms with Crippen LogP contribution >= 0.6 is 0 Å². The Morgan fingerprint density at radius 1 is 1.14 bits per heavy atom. The standard InChI is InChI=1S/C25H30N2O2/c1-17-8-4-5-9-21(17)19(3)29-25(28)24-18(2)26-23-11-10-20(16-22(23)24)12-15-27-13-6-7-14-27/h4-5,8-11,16,19,26H,6-7,12-15H2,1-3H3. The summed E-state index contributed by atoms with van der Waals surface area (Å²) < 4.78 is 5.86. The molecule has 0 amide bonds. The van der Waals surface area contributed by atoms with Crippen molar-refractivity contribution in [2.24, 2.45) is 0 Å². The lowest BCUT2D eigenvalue weighted by Gasteiger charge is -2.16. The minimum absolute atomic E-state index is 0.263. The third-order valence-corrected chi connectivity index (χ3v) is 6.08. The summed E-state index contributed by atoms with van der Waals surface area (Å²) >= 11 is 0. The van der Waals surface area contributed by atoms with Gasteiger partial charge >= 0.3 is 5.97 Å². The molecule has 29 heavy (non-hydrogen) atoms. The summed E-state index contributed by atoms with van der Waals surface area (Å²) in [7, 11) is 0. The Morgan fingerprint density at radius 3 is 2.66 bits per heavy atom. The van der Waals surface area contributed by atoms with E-state index in [9.17, 15) is 4.79 Å². The summed E-state index contributed by atoms with van der Waals surface area (Å²) in [6.07, 6.45) is 3.34. The summed E-state index contributed by atoms with van der Waals surface area (Å²) in [5.74, 6) is -0.263. The molecular formula is C25H30N2O2. The minimum atomic E-state index is -0.286. The second-order valence-corrected chi connectivity index (χ2v) is 8.21. The second kappa shape index (κ2) is 8.42. The van der Waals surface area contributed by atoms with Crippen molar-refractivity contribution in [3.05, 3.63) is 70.4 Å². The molecule has 0 bridgehead atoms. The van der Waals surface area contributed by atoms with Crippen LogP contribution in [0.4, 0.5) is 0 Å². The van der Waals surface area contributed by atoms with Crippen molar-refractivity contribution in [1.29, 1.82) is 0 Å². The molecule has 1 saturated heterocycles. The van der Waals surface area contributed by atoms with Crippen molar-refractivity contribution >= 4 is 16.9 Å². The summed E-state index contributed by atoms with van der Waals surface area (Å²) in [5, 5.41) is 0.961. The van der Waals surface area contributed by atoms with Gasteiger partial charge < -0.3 is 14.6 Å².